The zero-order valence-corrected chi connectivity index (χ0v) is 8.57. The number of ether oxygens (including phenoxy) is 1. The first-order chi connectivity index (χ1) is 6.04. The van der Waals surface area contributed by atoms with Gasteiger partial charge in [-0.25, -0.2) is 0 Å². The Hall–Kier alpha value is -1.08. The van der Waals surface area contributed by atoms with Crippen molar-refractivity contribution in [3.8, 4) is 6.07 Å². The topological polar surface area (TPSA) is 53.3 Å². The van der Waals surface area contributed by atoms with Crippen LogP contribution in [-0.4, -0.2) is 37.1 Å². The highest BCUT2D eigenvalue weighted by molar-refractivity contribution is 5.80. The largest absolute Gasteiger partial charge is 0.372 e. The Morgan fingerprint density at radius 3 is 2.54 bits per heavy atom. The molecule has 4 heteroatoms. The van der Waals surface area contributed by atoms with E-state index in [1.54, 1.807) is 14.0 Å². The zero-order chi connectivity index (χ0) is 10.4. The number of nitriles is 1. The van der Waals surface area contributed by atoms with Gasteiger partial charge in [-0.15, -0.1) is 0 Å². The van der Waals surface area contributed by atoms with Crippen molar-refractivity contribution in [3.63, 3.8) is 0 Å². The van der Waals surface area contributed by atoms with Crippen LogP contribution in [0, 0.1) is 11.3 Å². The molecule has 0 aromatic carbocycles. The van der Waals surface area contributed by atoms with E-state index in [1.165, 1.54) is 12.0 Å². The zero-order valence-electron chi connectivity index (χ0n) is 8.57. The smallest absolute Gasteiger partial charge is 0.251 e. The van der Waals surface area contributed by atoms with Crippen LogP contribution in [-0.2, 0) is 9.53 Å². The Kier molecular flexibility index (Phi) is 5.09. The van der Waals surface area contributed by atoms with Crippen molar-refractivity contribution in [2.75, 3.05) is 14.2 Å². The molecule has 0 rings (SSSR count). The lowest BCUT2D eigenvalue weighted by Gasteiger charge is -2.25. The van der Waals surface area contributed by atoms with Gasteiger partial charge in [-0.05, 0) is 13.8 Å². The summed E-state index contributed by atoms with van der Waals surface area (Å²) in [5, 5.41) is 8.44. The van der Waals surface area contributed by atoms with Gasteiger partial charge in [-0.3, -0.25) is 4.79 Å². The Morgan fingerprint density at radius 1 is 1.62 bits per heavy atom. The number of likely N-dealkylation sites (N-methyl/N-ethyl adjacent to an activating group) is 1. The number of nitrogens with zero attached hydrogens (tertiary/aromatic N) is 2. The predicted molar refractivity (Wildman–Crippen MR) is 48.9 cm³/mol. The third-order valence-corrected chi connectivity index (χ3v) is 2.10. The molecule has 0 saturated carbocycles. The molecule has 0 spiro atoms. The normalized spacial score (nSPS) is 14.4. The van der Waals surface area contributed by atoms with E-state index in [0.717, 1.165) is 0 Å². The number of methoxy groups -OCH3 is 1. The molecule has 0 aromatic rings. The van der Waals surface area contributed by atoms with Gasteiger partial charge < -0.3 is 9.64 Å². The number of carbonyl (C=O) groups excluding carboxylic acids is 1. The lowest BCUT2D eigenvalue weighted by Crippen LogP contribution is -2.41. The first-order valence-electron chi connectivity index (χ1n) is 4.21. The summed E-state index contributed by atoms with van der Waals surface area (Å²) in [4.78, 5) is 13.0. The van der Waals surface area contributed by atoms with E-state index < -0.39 is 6.10 Å². The molecule has 0 fully saturated rings. The van der Waals surface area contributed by atoms with Crippen molar-refractivity contribution >= 4 is 5.91 Å². The molecular formula is C9H16N2O2. The van der Waals surface area contributed by atoms with Gasteiger partial charge in [-0.2, -0.15) is 5.26 Å². The molecule has 0 bridgehead atoms. The number of hydrogen-bond donors (Lipinski definition) is 0. The minimum absolute atomic E-state index is 0.0601. The summed E-state index contributed by atoms with van der Waals surface area (Å²) < 4.78 is 4.89. The summed E-state index contributed by atoms with van der Waals surface area (Å²) >= 11 is 0. The molecule has 13 heavy (non-hydrogen) atoms. The van der Waals surface area contributed by atoms with Crippen LogP contribution in [0.1, 0.15) is 20.3 Å². The quantitative estimate of drug-likeness (QED) is 0.648. The lowest BCUT2D eigenvalue weighted by molar-refractivity contribution is -0.141. The molecule has 0 aliphatic rings. The van der Waals surface area contributed by atoms with Crippen LogP contribution >= 0.6 is 0 Å². The Morgan fingerprint density at radius 2 is 2.15 bits per heavy atom. The number of amides is 1. The highest BCUT2D eigenvalue weighted by Crippen LogP contribution is 2.04. The molecule has 0 radical (unpaired) electrons. The van der Waals surface area contributed by atoms with Crippen molar-refractivity contribution in [1.82, 2.24) is 4.90 Å². The standard InChI is InChI=1S/C9H16N2O2/c1-7(5-6-10)11(3)9(12)8(2)13-4/h7-8H,5H2,1-4H3. The summed E-state index contributed by atoms with van der Waals surface area (Å²) in [6.45, 7) is 3.53. The van der Waals surface area contributed by atoms with Crippen LogP contribution in [0.15, 0.2) is 0 Å². The minimum Gasteiger partial charge on any atom is -0.372 e. The van der Waals surface area contributed by atoms with Gasteiger partial charge in [0.15, 0.2) is 0 Å². The summed E-state index contributed by atoms with van der Waals surface area (Å²) in [6.07, 6.45) is -0.0928. The van der Waals surface area contributed by atoms with Crippen molar-refractivity contribution in [2.45, 2.75) is 32.4 Å². The molecule has 0 aromatic heterocycles. The van der Waals surface area contributed by atoms with E-state index >= 15 is 0 Å². The molecule has 0 N–H and O–H groups in total. The highest BCUT2D eigenvalue weighted by Gasteiger charge is 2.20. The van der Waals surface area contributed by atoms with Crippen LogP contribution in [0.4, 0.5) is 0 Å². The number of rotatable bonds is 4. The van der Waals surface area contributed by atoms with Gasteiger partial charge in [0.2, 0.25) is 0 Å². The molecule has 0 aliphatic carbocycles. The molecule has 4 nitrogen and oxygen atoms in total. The summed E-state index contributed by atoms with van der Waals surface area (Å²) in [7, 11) is 3.17. The molecular weight excluding hydrogens is 168 g/mol. The summed E-state index contributed by atoms with van der Waals surface area (Å²) in [5.74, 6) is -0.0924. The minimum atomic E-state index is -0.439. The fourth-order valence-corrected chi connectivity index (χ4v) is 0.874. The van der Waals surface area contributed by atoms with Crippen LogP contribution in [0.3, 0.4) is 0 Å². The van der Waals surface area contributed by atoms with Crippen molar-refractivity contribution < 1.29 is 9.53 Å². The van der Waals surface area contributed by atoms with E-state index in [9.17, 15) is 4.79 Å². The average Bonchev–Trinajstić information content (AvgIpc) is 2.14. The molecule has 2 unspecified atom stereocenters. The SMILES string of the molecule is COC(C)C(=O)N(C)C(C)CC#N. The Bertz CT molecular complexity index is 210. The van der Waals surface area contributed by atoms with Crippen molar-refractivity contribution in [3.05, 3.63) is 0 Å². The van der Waals surface area contributed by atoms with Crippen LogP contribution in [0.2, 0.25) is 0 Å². The van der Waals surface area contributed by atoms with E-state index in [1.807, 2.05) is 13.0 Å². The third-order valence-electron chi connectivity index (χ3n) is 2.10. The lowest BCUT2D eigenvalue weighted by atomic mass is 10.2. The fraction of sp³-hybridized carbons (Fsp3) is 0.778. The maximum absolute atomic E-state index is 11.5. The molecule has 0 saturated heterocycles. The Balaban J connectivity index is 4.18. The van der Waals surface area contributed by atoms with Crippen LogP contribution in [0.25, 0.3) is 0 Å². The van der Waals surface area contributed by atoms with E-state index in [2.05, 4.69) is 0 Å². The van der Waals surface area contributed by atoms with E-state index in [0.29, 0.717) is 6.42 Å². The summed E-state index contributed by atoms with van der Waals surface area (Å²) in [5.41, 5.74) is 0. The monoisotopic (exact) mass is 184 g/mol. The molecule has 74 valence electrons. The Labute approximate surface area is 79.1 Å². The van der Waals surface area contributed by atoms with Crippen molar-refractivity contribution in [1.29, 1.82) is 5.26 Å². The average molecular weight is 184 g/mol. The molecule has 0 aliphatic heterocycles. The predicted octanol–water partition coefficient (Wildman–Crippen LogP) is 0.782. The summed E-state index contributed by atoms with van der Waals surface area (Å²) in [6, 6.07) is 1.97. The van der Waals surface area contributed by atoms with E-state index in [-0.39, 0.29) is 11.9 Å². The maximum Gasteiger partial charge on any atom is 0.251 e. The highest BCUT2D eigenvalue weighted by atomic mass is 16.5. The second-order valence-corrected chi connectivity index (χ2v) is 3.04. The number of hydrogen-bond acceptors (Lipinski definition) is 3. The number of carbonyl (C=O) groups is 1. The second-order valence-electron chi connectivity index (χ2n) is 3.04. The van der Waals surface area contributed by atoms with Gasteiger partial charge in [0.1, 0.15) is 6.10 Å². The van der Waals surface area contributed by atoms with Crippen molar-refractivity contribution in [2.24, 2.45) is 0 Å². The molecule has 2 atom stereocenters. The van der Waals surface area contributed by atoms with Crippen LogP contribution in [0.5, 0.6) is 0 Å². The van der Waals surface area contributed by atoms with Gasteiger partial charge in [0.25, 0.3) is 5.91 Å². The third kappa shape index (κ3) is 3.43. The maximum atomic E-state index is 11.5. The van der Waals surface area contributed by atoms with Gasteiger partial charge in [0.05, 0.1) is 12.5 Å². The first-order valence-corrected chi connectivity index (χ1v) is 4.21. The molecule has 0 heterocycles. The van der Waals surface area contributed by atoms with Crippen LogP contribution < -0.4 is 0 Å². The van der Waals surface area contributed by atoms with Gasteiger partial charge in [0, 0.05) is 20.2 Å². The van der Waals surface area contributed by atoms with Gasteiger partial charge >= 0.3 is 0 Å². The second kappa shape index (κ2) is 5.55. The van der Waals surface area contributed by atoms with E-state index in [4.69, 9.17) is 10.00 Å². The first kappa shape index (κ1) is 11.9. The molecule has 1 amide bonds. The fourth-order valence-electron chi connectivity index (χ4n) is 0.874. The van der Waals surface area contributed by atoms with Gasteiger partial charge in [-0.1, -0.05) is 0 Å².